The van der Waals surface area contributed by atoms with Crippen molar-refractivity contribution in [2.75, 3.05) is 33.4 Å². The molecule has 0 aromatic heterocycles. The van der Waals surface area contributed by atoms with Crippen molar-refractivity contribution in [3.05, 3.63) is 29.8 Å². The third kappa shape index (κ3) is 4.23. The van der Waals surface area contributed by atoms with Gasteiger partial charge in [0.15, 0.2) is 0 Å². The van der Waals surface area contributed by atoms with Crippen molar-refractivity contribution in [2.45, 2.75) is 18.9 Å². The van der Waals surface area contributed by atoms with Crippen molar-refractivity contribution >= 4 is 0 Å². The summed E-state index contributed by atoms with van der Waals surface area (Å²) in [7, 11) is 1.73. The number of hydrogen-bond donors (Lipinski definition) is 0. The average Bonchev–Trinajstić information content (AvgIpc) is 3.27. The summed E-state index contributed by atoms with van der Waals surface area (Å²) in [6.45, 7) is 3.20. The van der Waals surface area contributed by atoms with Crippen LogP contribution in [0.1, 0.15) is 18.4 Å². The van der Waals surface area contributed by atoms with Crippen LogP contribution in [0, 0.1) is 11.3 Å². The van der Waals surface area contributed by atoms with Crippen LogP contribution in [-0.4, -0.2) is 44.4 Å². The van der Waals surface area contributed by atoms with E-state index in [0.717, 1.165) is 19.7 Å². The van der Waals surface area contributed by atoms with Crippen molar-refractivity contribution in [3.8, 4) is 11.8 Å². The molecule has 102 valence electrons. The van der Waals surface area contributed by atoms with Crippen LogP contribution in [0.2, 0.25) is 0 Å². The second-order valence-corrected chi connectivity index (χ2v) is 4.72. The van der Waals surface area contributed by atoms with Crippen LogP contribution < -0.4 is 4.74 Å². The van der Waals surface area contributed by atoms with Crippen molar-refractivity contribution in [1.29, 1.82) is 5.26 Å². The maximum absolute atomic E-state index is 8.98. The molecule has 0 atom stereocenters. The standard InChI is InChI=1S/C15H20N2O2/c1-18-10-8-17(14-6-7-14)9-11-19-15-5-3-2-4-13(15)12-16/h2-5,14H,6-11H2,1H3. The zero-order valence-corrected chi connectivity index (χ0v) is 11.3. The molecular weight excluding hydrogens is 240 g/mol. The Hall–Kier alpha value is -1.57. The van der Waals surface area contributed by atoms with Gasteiger partial charge in [-0.05, 0) is 25.0 Å². The van der Waals surface area contributed by atoms with Crippen LogP contribution >= 0.6 is 0 Å². The number of hydrogen-bond acceptors (Lipinski definition) is 4. The summed E-state index contributed by atoms with van der Waals surface area (Å²) in [5, 5.41) is 8.98. The van der Waals surface area contributed by atoms with E-state index in [1.807, 2.05) is 18.2 Å². The second-order valence-electron chi connectivity index (χ2n) is 4.72. The van der Waals surface area contributed by atoms with Gasteiger partial charge < -0.3 is 9.47 Å². The molecule has 0 aliphatic heterocycles. The lowest BCUT2D eigenvalue weighted by molar-refractivity contribution is 0.130. The molecule has 1 saturated carbocycles. The van der Waals surface area contributed by atoms with E-state index in [0.29, 0.717) is 24.0 Å². The second kappa shape index (κ2) is 7.13. The minimum absolute atomic E-state index is 0.595. The van der Waals surface area contributed by atoms with Gasteiger partial charge >= 0.3 is 0 Å². The van der Waals surface area contributed by atoms with Gasteiger partial charge in [-0.3, -0.25) is 4.90 Å². The molecule has 0 amide bonds. The van der Waals surface area contributed by atoms with Gasteiger partial charge in [0.2, 0.25) is 0 Å². The van der Waals surface area contributed by atoms with Crippen LogP contribution in [0.3, 0.4) is 0 Å². The molecule has 1 fully saturated rings. The third-order valence-corrected chi connectivity index (χ3v) is 3.29. The lowest BCUT2D eigenvalue weighted by atomic mass is 10.2. The minimum atomic E-state index is 0.595. The quantitative estimate of drug-likeness (QED) is 0.717. The fourth-order valence-corrected chi connectivity index (χ4v) is 2.08. The predicted octanol–water partition coefficient (Wildman–Crippen LogP) is 2.05. The summed E-state index contributed by atoms with van der Waals surface area (Å²) in [5.41, 5.74) is 0.595. The molecule has 19 heavy (non-hydrogen) atoms. The molecular formula is C15H20N2O2. The van der Waals surface area contributed by atoms with E-state index in [1.165, 1.54) is 12.8 Å². The molecule has 0 heterocycles. The molecule has 1 aromatic rings. The van der Waals surface area contributed by atoms with E-state index >= 15 is 0 Å². The summed E-state index contributed by atoms with van der Waals surface area (Å²) in [6.07, 6.45) is 2.55. The number of benzene rings is 1. The lowest BCUT2D eigenvalue weighted by Crippen LogP contribution is -2.33. The highest BCUT2D eigenvalue weighted by Gasteiger charge is 2.28. The third-order valence-electron chi connectivity index (χ3n) is 3.29. The SMILES string of the molecule is COCCN(CCOc1ccccc1C#N)C1CC1. The smallest absolute Gasteiger partial charge is 0.137 e. The van der Waals surface area contributed by atoms with Crippen molar-refractivity contribution in [3.63, 3.8) is 0 Å². The first-order valence-electron chi connectivity index (χ1n) is 6.70. The monoisotopic (exact) mass is 260 g/mol. The van der Waals surface area contributed by atoms with Crippen LogP contribution in [0.4, 0.5) is 0 Å². The van der Waals surface area contributed by atoms with Gasteiger partial charge in [0.05, 0.1) is 12.2 Å². The van der Waals surface area contributed by atoms with Crippen LogP contribution in [0.25, 0.3) is 0 Å². The number of para-hydroxylation sites is 1. The van der Waals surface area contributed by atoms with Crippen molar-refractivity contribution in [1.82, 2.24) is 4.90 Å². The van der Waals surface area contributed by atoms with Gasteiger partial charge in [0.25, 0.3) is 0 Å². The van der Waals surface area contributed by atoms with E-state index in [4.69, 9.17) is 14.7 Å². The van der Waals surface area contributed by atoms with E-state index in [9.17, 15) is 0 Å². The summed E-state index contributed by atoms with van der Waals surface area (Å²) in [6, 6.07) is 10.2. The van der Waals surface area contributed by atoms with Gasteiger partial charge in [-0.2, -0.15) is 5.26 Å². The Bertz CT molecular complexity index is 438. The minimum Gasteiger partial charge on any atom is -0.491 e. The normalized spacial score (nSPS) is 14.4. The summed E-state index contributed by atoms with van der Waals surface area (Å²) in [4.78, 5) is 2.40. The summed E-state index contributed by atoms with van der Waals surface area (Å²) in [5.74, 6) is 0.674. The molecule has 0 saturated heterocycles. The fourth-order valence-electron chi connectivity index (χ4n) is 2.08. The number of rotatable bonds is 8. The zero-order valence-electron chi connectivity index (χ0n) is 11.3. The largest absolute Gasteiger partial charge is 0.491 e. The van der Waals surface area contributed by atoms with E-state index in [2.05, 4.69) is 11.0 Å². The Balaban J connectivity index is 1.79. The molecule has 0 unspecified atom stereocenters. The van der Waals surface area contributed by atoms with E-state index in [1.54, 1.807) is 13.2 Å². The summed E-state index contributed by atoms with van der Waals surface area (Å²) >= 11 is 0. The summed E-state index contributed by atoms with van der Waals surface area (Å²) < 4.78 is 10.8. The molecule has 4 heteroatoms. The molecule has 1 aliphatic carbocycles. The van der Waals surface area contributed by atoms with E-state index < -0.39 is 0 Å². The Morgan fingerprint density at radius 1 is 1.26 bits per heavy atom. The fraction of sp³-hybridized carbons (Fsp3) is 0.533. The molecule has 1 aromatic carbocycles. The molecule has 0 bridgehead atoms. The van der Waals surface area contributed by atoms with Crippen LogP contribution in [-0.2, 0) is 4.74 Å². The molecule has 0 spiro atoms. The zero-order chi connectivity index (χ0) is 13.5. The highest BCUT2D eigenvalue weighted by Crippen LogP contribution is 2.26. The molecule has 4 nitrogen and oxygen atoms in total. The Kier molecular flexibility index (Phi) is 5.20. The van der Waals surface area contributed by atoms with Crippen LogP contribution in [0.5, 0.6) is 5.75 Å². The van der Waals surface area contributed by atoms with Gasteiger partial charge in [0.1, 0.15) is 18.4 Å². The number of nitriles is 1. The molecule has 1 aliphatic rings. The molecule has 0 radical (unpaired) electrons. The highest BCUT2D eigenvalue weighted by molar-refractivity contribution is 5.42. The van der Waals surface area contributed by atoms with Gasteiger partial charge in [-0.25, -0.2) is 0 Å². The highest BCUT2D eigenvalue weighted by atomic mass is 16.5. The van der Waals surface area contributed by atoms with Crippen LogP contribution in [0.15, 0.2) is 24.3 Å². The Labute approximate surface area is 114 Å². The maximum atomic E-state index is 8.98. The van der Waals surface area contributed by atoms with E-state index in [-0.39, 0.29) is 0 Å². The van der Waals surface area contributed by atoms with Crippen molar-refractivity contribution in [2.24, 2.45) is 0 Å². The first-order valence-corrected chi connectivity index (χ1v) is 6.70. The van der Waals surface area contributed by atoms with Gasteiger partial charge in [-0.1, -0.05) is 12.1 Å². The average molecular weight is 260 g/mol. The number of nitrogens with zero attached hydrogens (tertiary/aromatic N) is 2. The lowest BCUT2D eigenvalue weighted by Gasteiger charge is -2.21. The van der Waals surface area contributed by atoms with Gasteiger partial charge in [0, 0.05) is 26.2 Å². The van der Waals surface area contributed by atoms with Crippen molar-refractivity contribution < 1.29 is 9.47 Å². The number of ether oxygens (including phenoxy) is 2. The van der Waals surface area contributed by atoms with Gasteiger partial charge in [-0.15, -0.1) is 0 Å². The predicted molar refractivity (Wildman–Crippen MR) is 73.1 cm³/mol. The maximum Gasteiger partial charge on any atom is 0.137 e. The molecule has 2 rings (SSSR count). The number of methoxy groups -OCH3 is 1. The Morgan fingerprint density at radius 3 is 2.68 bits per heavy atom. The first-order chi connectivity index (χ1) is 9.35. The topological polar surface area (TPSA) is 45.5 Å². The first kappa shape index (κ1) is 13.9. The Morgan fingerprint density at radius 2 is 2.00 bits per heavy atom. The molecule has 0 N–H and O–H groups in total.